The first-order valence-corrected chi connectivity index (χ1v) is 10.1. The maximum absolute atomic E-state index is 12.5. The number of benzene rings is 2. The summed E-state index contributed by atoms with van der Waals surface area (Å²) < 4.78 is 6.08. The number of furan rings is 1. The van der Waals surface area contributed by atoms with Crippen molar-refractivity contribution in [3.8, 4) is 17.4 Å². The number of carbonyl (C=O) groups is 1. The smallest absolute Gasteiger partial charge is 0.266 e. The lowest BCUT2D eigenvalue weighted by Crippen LogP contribution is -2.45. The fourth-order valence-electron chi connectivity index (χ4n) is 3.35. The van der Waals surface area contributed by atoms with E-state index in [1.54, 1.807) is 17.0 Å². The Bertz CT molecular complexity index is 1230. The average molecular weight is 436 g/mol. The third-order valence-electron chi connectivity index (χ3n) is 5.09. The van der Waals surface area contributed by atoms with Gasteiger partial charge in [-0.1, -0.05) is 29.8 Å². The topological polar surface area (TPSA) is 69.3 Å². The third-order valence-corrected chi connectivity index (χ3v) is 5.76. The monoisotopic (exact) mass is 435 g/mol. The van der Waals surface area contributed by atoms with Crippen molar-refractivity contribution in [1.29, 1.82) is 5.26 Å². The predicted molar refractivity (Wildman–Crippen MR) is 120 cm³/mol. The van der Waals surface area contributed by atoms with E-state index in [4.69, 9.17) is 16.0 Å². The van der Waals surface area contributed by atoms with Gasteiger partial charge in [-0.05, 0) is 61.4 Å². The van der Waals surface area contributed by atoms with Crippen LogP contribution in [0.5, 0.6) is 0 Å². The highest BCUT2D eigenvalue weighted by atomic mass is 35.5. The maximum atomic E-state index is 12.5. The molecule has 2 heterocycles. The minimum Gasteiger partial charge on any atom is -0.457 e. The summed E-state index contributed by atoms with van der Waals surface area (Å²) in [4.78, 5) is 14.3. The number of hydrogen-bond acceptors (Lipinski definition) is 5. The molecular formula is C23H18ClN3O2S. The minimum atomic E-state index is -0.655. The van der Waals surface area contributed by atoms with Gasteiger partial charge < -0.3 is 14.6 Å². The predicted octanol–water partition coefficient (Wildman–Crippen LogP) is 5.52. The molecule has 0 saturated heterocycles. The molecule has 7 heteroatoms. The van der Waals surface area contributed by atoms with Crippen molar-refractivity contribution in [3.05, 3.63) is 87.1 Å². The van der Waals surface area contributed by atoms with Crippen LogP contribution < -0.4 is 10.2 Å². The molecule has 2 aromatic carbocycles. The maximum Gasteiger partial charge on any atom is 0.266 e. The van der Waals surface area contributed by atoms with Crippen LogP contribution in [0.4, 0.5) is 5.69 Å². The van der Waals surface area contributed by atoms with Crippen LogP contribution in [0.25, 0.3) is 11.3 Å². The van der Waals surface area contributed by atoms with Crippen molar-refractivity contribution in [2.75, 3.05) is 4.90 Å². The van der Waals surface area contributed by atoms with E-state index >= 15 is 0 Å². The fraction of sp³-hybridized carbons (Fsp3) is 0.130. The summed E-state index contributed by atoms with van der Waals surface area (Å²) in [6.07, 6.45) is -0.655. The normalized spacial score (nSPS) is 16.4. The van der Waals surface area contributed by atoms with E-state index in [9.17, 15) is 10.1 Å². The molecular weight excluding hydrogens is 418 g/mol. The Labute approximate surface area is 185 Å². The van der Waals surface area contributed by atoms with Crippen molar-refractivity contribution in [2.45, 2.75) is 20.0 Å². The number of amides is 1. The van der Waals surface area contributed by atoms with Gasteiger partial charge in [0.15, 0.2) is 6.17 Å². The van der Waals surface area contributed by atoms with Gasteiger partial charge in [-0.2, -0.15) is 5.26 Å². The Morgan fingerprint density at radius 2 is 1.93 bits per heavy atom. The molecule has 5 nitrogen and oxygen atoms in total. The molecule has 1 N–H and O–H groups in total. The van der Waals surface area contributed by atoms with E-state index in [1.807, 2.05) is 62.4 Å². The largest absolute Gasteiger partial charge is 0.457 e. The molecule has 1 aromatic heterocycles. The zero-order chi connectivity index (χ0) is 21.4. The van der Waals surface area contributed by atoms with E-state index < -0.39 is 12.1 Å². The molecule has 1 atom stereocenters. The first-order chi connectivity index (χ1) is 14.4. The lowest BCUT2D eigenvalue weighted by atomic mass is 10.1. The van der Waals surface area contributed by atoms with Crippen molar-refractivity contribution in [2.24, 2.45) is 0 Å². The Morgan fingerprint density at radius 1 is 1.13 bits per heavy atom. The van der Waals surface area contributed by atoms with E-state index in [0.29, 0.717) is 16.5 Å². The van der Waals surface area contributed by atoms with Crippen LogP contribution in [0.3, 0.4) is 0 Å². The Hall–Kier alpha value is -3.14. The van der Waals surface area contributed by atoms with Gasteiger partial charge in [-0.15, -0.1) is 12.6 Å². The molecule has 0 bridgehead atoms. The summed E-state index contributed by atoms with van der Waals surface area (Å²) >= 11 is 10.6. The second-order valence-corrected chi connectivity index (χ2v) is 7.90. The molecule has 0 saturated carbocycles. The third kappa shape index (κ3) is 3.58. The summed E-state index contributed by atoms with van der Waals surface area (Å²) in [6, 6.07) is 18.8. The van der Waals surface area contributed by atoms with Crippen molar-refractivity contribution < 1.29 is 9.21 Å². The number of thiol groups is 1. The molecule has 0 fully saturated rings. The van der Waals surface area contributed by atoms with Gasteiger partial charge in [0.2, 0.25) is 0 Å². The zero-order valence-corrected chi connectivity index (χ0v) is 18.0. The quantitative estimate of drug-likeness (QED) is 0.531. The van der Waals surface area contributed by atoms with E-state index in [-0.39, 0.29) is 10.6 Å². The number of anilines is 1. The van der Waals surface area contributed by atoms with E-state index in [2.05, 4.69) is 17.9 Å². The first-order valence-electron chi connectivity index (χ1n) is 9.25. The van der Waals surface area contributed by atoms with Gasteiger partial charge in [0.25, 0.3) is 5.91 Å². The molecule has 3 aromatic rings. The van der Waals surface area contributed by atoms with Crippen molar-refractivity contribution >= 4 is 35.8 Å². The van der Waals surface area contributed by atoms with Crippen molar-refractivity contribution in [3.63, 3.8) is 0 Å². The Kier molecular flexibility index (Phi) is 5.33. The number of halogens is 1. The second-order valence-electron chi connectivity index (χ2n) is 7.04. The summed E-state index contributed by atoms with van der Waals surface area (Å²) in [5.41, 5.74) is 3.80. The number of nitrogens with one attached hydrogen (secondary N) is 1. The van der Waals surface area contributed by atoms with Crippen LogP contribution in [0.1, 0.15) is 23.1 Å². The van der Waals surface area contributed by atoms with Gasteiger partial charge in [-0.3, -0.25) is 4.79 Å². The highest BCUT2D eigenvalue weighted by Crippen LogP contribution is 2.38. The molecule has 4 rings (SSSR count). The number of nitriles is 1. The fourth-order valence-corrected chi connectivity index (χ4v) is 3.92. The minimum absolute atomic E-state index is 0.0468. The summed E-state index contributed by atoms with van der Waals surface area (Å²) in [5, 5.41) is 13.2. The molecule has 1 aliphatic rings. The first kappa shape index (κ1) is 20.1. The number of aryl methyl sites for hydroxylation is 2. The lowest BCUT2D eigenvalue weighted by molar-refractivity contribution is -0.118. The Balaban J connectivity index is 1.81. The molecule has 1 aliphatic heterocycles. The van der Waals surface area contributed by atoms with Crippen molar-refractivity contribution in [1.82, 2.24) is 5.32 Å². The van der Waals surface area contributed by atoms with E-state index in [1.165, 1.54) is 0 Å². The van der Waals surface area contributed by atoms with Crippen LogP contribution in [0.15, 0.2) is 69.6 Å². The van der Waals surface area contributed by atoms with Gasteiger partial charge in [0.05, 0.1) is 5.03 Å². The SMILES string of the molecule is Cc1ccc(N2C(S)=C(C#N)C(=O)NC2c2ccc(-c3cccc(Cl)c3)o2)cc1C. The van der Waals surface area contributed by atoms with Gasteiger partial charge in [0, 0.05) is 16.3 Å². The molecule has 0 aliphatic carbocycles. The van der Waals surface area contributed by atoms with Crippen LogP contribution in [-0.4, -0.2) is 5.91 Å². The molecule has 1 amide bonds. The lowest BCUT2D eigenvalue weighted by Gasteiger charge is -2.36. The molecule has 150 valence electrons. The average Bonchev–Trinajstić information content (AvgIpc) is 3.20. The Morgan fingerprint density at radius 3 is 2.63 bits per heavy atom. The van der Waals surface area contributed by atoms with Gasteiger partial charge >= 0.3 is 0 Å². The summed E-state index contributed by atoms with van der Waals surface area (Å²) in [5.74, 6) is 0.644. The number of rotatable bonds is 3. The van der Waals surface area contributed by atoms with Crippen LogP contribution in [0.2, 0.25) is 5.02 Å². The second kappa shape index (κ2) is 7.94. The highest BCUT2D eigenvalue weighted by Gasteiger charge is 2.36. The van der Waals surface area contributed by atoms with E-state index in [0.717, 1.165) is 22.4 Å². The zero-order valence-electron chi connectivity index (χ0n) is 16.3. The summed E-state index contributed by atoms with van der Waals surface area (Å²) in [6.45, 7) is 4.03. The number of carbonyl (C=O) groups excluding carboxylic acids is 1. The molecule has 0 spiro atoms. The standard InChI is InChI=1S/C23H18ClN3O2S/c1-13-6-7-17(10-14(13)2)27-21(26-22(28)18(12-25)23(27)30)20-9-8-19(29-20)15-4-3-5-16(24)11-15/h3-11,21,30H,1-2H3,(H,26,28). The van der Waals surface area contributed by atoms with Gasteiger partial charge in [-0.25, -0.2) is 0 Å². The number of hydrogen-bond donors (Lipinski definition) is 2. The van der Waals surface area contributed by atoms with Crippen LogP contribution in [0, 0.1) is 25.2 Å². The molecule has 1 unspecified atom stereocenters. The summed E-state index contributed by atoms with van der Waals surface area (Å²) in [7, 11) is 0. The van der Waals surface area contributed by atoms with Crippen LogP contribution in [-0.2, 0) is 4.79 Å². The molecule has 30 heavy (non-hydrogen) atoms. The highest BCUT2D eigenvalue weighted by molar-refractivity contribution is 7.84. The van der Waals surface area contributed by atoms with Crippen LogP contribution >= 0.6 is 24.2 Å². The number of nitrogens with zero attached hydrogens (tertiary/aromatic N) is 2. The van der Waals surface area contributed by atoms with Gasteiger partial charge in [0.1, 0.15) is 23.2 Å². The molecule has 0 radical (unpaired) electrons.